The maximum atomic E-state index is 13.8. The number of likely N-dealkylation sites (tertiary alicyclic amines) is 1. The van der Waals surface area contributed by atoms with Gasteiger partial charge in [-0.25, -0.2) is 14.4 Å². The number of aliphatic hydroxyl groups is 1. The first-order chi connectivity index (χ1) is 10.7. The van der Waals surface area contributed by atoms with Gasteiger partial charge in [-0.3, -0.25) is 4.79 Å². The summed E-state index contributed by atoms with van der Waals surface area (Å²) in [5, 5.41) is 12.7. The summed E-state index contributed by atoms with van der Waals surface area (Å²) in [5.74, 6) is -0.0306. The lowest BCUT2D eigenvalue weighted by Crippen LogP contribution is -2.48. The smallest absolute Gasteiger partial charge is 0.245 e. The van der Waals surface area contributed by atoms with Crippen molar-refractivity contribution in [1.82, 2.24) is 14.9 Å². The summed E-state index contributed by atoms with van der Waals surface area (Å²) in [6, 6.07) is 4.24. The Hall–Kier alpha value is -2.28. The zero-order chi connectivity index (χ0) is 15.5. The first-order valence-electron chi connectivity index (χ1n) is 7.26. The van der Waals surface area contributed by atoms with Crippen molar-refractivity contribution in [2.75, 3.05) is 25.0 Å². The van der Waals surface area contributed by atoms with E-state index in [9.17, 15) is 9.18 Å². The lowest BCUT2D eigenvalue weighted by atomic mass is 10.0. The molecule has 1 aromatic heterocycles. The van der Waals surface area contributed by atoms with Crippen LogP contribution in [0.15, 0.2) is 24.5 Å². The number of hydrogen-bond acceptors (Lipinski definition) is 5. The molecule has 1 amide bonds. The van der Waals surface area contributed by atoms with Crippen molar-refractivity contribution < 1.29 is 14.3 Å². The van der Waals surface area contributed by atoms with Gasteiger partial charge in [-0.1, -0.05) is 6.07 Å². The van der Waals surface area contributed by atoms with Gasteiger partial charge in [0.25, 0.3) is 0 Å². The van der Waals surface area contributed by atoms with Gasteiger partial charge in [-0.15, -0.1) is 0 Å². The number of hydrogen-bond donors (Lipinski definition) is 2. The summed E-state index contributed by atoms with van der Waals surface area (Å²) >= 11 is 0. The first-order valence-corrected chi connectivity index (χ1v) is 7.26. The topological polar surface area (TPSA) is 78.4 Å². The number of piperidine rings is 1. The molecular weight excluding hydrogens is 287 g/mol. The van der Waals surface area contributed by atoms with E-state index < -0.39 is 11.9 Å². The minimum absolute atomic E-state index is 0.0554. The molecule has 0 unspecified atom stereocenters. The van der Waals surface area contributed by atoms with Crippen LogP contribution in [0.4, 0.5) is 10.2 Å². The molecule has 116 valence electrons. The Balaban J connectivity index is 1.87. The summed E-state index contributed by atoms with van der Waals surface area (Å²) in [7, 11) is 0. The predicted molar refractivity (Wildman–Crippen MR) is 79.8 cm³/mol. The number of anilines is 1. The number of carbonyl (C=O) groups excluding carboxylic acids is 1. The highest BCUT2D eigenvalue weighted by atomic mass is 19.1. The van der Waals surface area contributed by atoms with Crippen LogP contribution < -0.4 is 5.32 Å². The number of aromatic nitrogens is 2. The number of halogens is 1. The molecule has 3 rings (SSSR count). The van der Waals surface area contributed by atoms with Gasteiger partial charge in [0, 0.05) is 18.5 Å². The van der Waals surface area contributed by atoms with Gasteiger partial charge in [-0.05, 0) is 25.0 Å². The number of fused-ring (bicyclic) bond motifs is 1. The molecule has 0 radical (unpaired) electrons. The summed E-state index contributed by atoms with van der Waals surface area (Å²) < 4.78 is 13.8. The number of nitrogens with zero attached hydrogens (tertiary/aromatic N) is 3. The third kappa shape index (κ3) is 2.71. The van der Waals surface area contributed by atoms with Crippen LogP contribution in [-0.4, -0.2) is 51.6 Å². The molecule has 0 bridgehead atoms. The second kappa shape index (κ2) is 6.23. The minimum atomic E-state index is -0.417. The Bertz CT molecular complexity index is 692. The Morgan fingerprint density at radius 3 is 3.09 bits per heavy atom. The quantitative estimate of drug-likeness (QED) is 0.886. The third-order valence-corrected chi connectivity index (χ3v) is 3.83. The highest BCUT2D eigenvalue weighted by Crippen LogP contribution is 2.23. The highest BCUT2D eigenvalue weighted by Gasteiger charge is 2.28. The van der Waals surface area contributed by atoms with Gasteiger partial charge in [0.15, 0.2) is 0 Å². The predicted octanol–water partition coefficient (Wildman–Crippen LogP) is 1.16. The lowest BCUT2D eigenvalue weighted by Gasteiger charge is -2.32. The van der Waals surface area contributed by atoms with E-state index in [0.717, 1.165) is 6.42 Å². The number of amides is 1. The SMILES string of the molecule is O=C1[C@@H](Nc2ncnc3c(F)cccc23)CCCN1CCO. The number of benzene rings is 1. The second-order valence-corrected chi connectivity index (χ2v) is 5.25. The number of rotatable bonds is 4. The molecule has 22 heavy (non-hydrogen) atoms. The number of nitrogens with one attached hydrogen (secondary N) is 1. The summed E-state index contributed by atoms with van der Waals surface area (Å²) in [5.41, 5.74) is 0.232. The van der Waals surface area contributed by atoms with Crippen molar-refractivity contribution in [3.63, 3.8) is 0 Å². The van der Waals surface area contributed by atoms with E-state index in [0.29, 0.717) is 30.7 Å². The van der Waals surface area contributed by atoms with Crippen molar-refractivity contribution in [3.05, 3.63) is 30.3 Å². The van der Waals surface area contributed by atoms with Crippen LogP contribution in [0.3, 0.4) is 0 Å². The van der Waals surface area contributed by atoms with Crippen LogP contribution in [0.5, 0.6) is 0 Å². The van der Waals surface area contributed by atoms with Crippen molar-refractivity contribution in [1.29, 1.82) is 0 Å². The molecule has 2 N–H and O–H groups in total. The molecule has 2 aromatic rings. The molecule has 1 saturated heterocycles. The van der Waals surface area contributed by atoms with E-state index in [1.807, 2.05) is 0 Å². The van der Waals surface area contributed by atoms with Crippen molar-refractivity contribution in [2.45, 2.75) is 18.9 Å². The third-order valence-electron chi connectivity index (χ3n) is 3.83. The zero-order valence-electron chi connectivity index (χ0n) is 12.0. The Labute approximate surface area is 127 Å². The van der Waals surface area contributed by atoms with Crippen LogP contribution in [-0.2, 0) is 4.79 Å². The molecule has 1 aliphatic rings. The van der Waals surface area contributed by atoms with Gasteiger partial charge < -0.3 is 15.3 Å². The Morgan fingerprint density at radius 1 is 1.41 bits per heavy atom. The average Bonchev–Trinajstić information content (AvgIpc) is 2.52. The van der Waals surface area contributed by atoms with Gasteiger partial charge in [0.2, 0.25) is 5.91 Å². The van der Waals surface area contributed by atoms with Gasteiger partial charge >= 0.3 is 0 Å². The summed E-state index contributed by atoms with van der Waals surface area (Å²) in [6.45, 7) is 0.924. The standard InChI is InChI=1S/C15H17FN4O2/c16-11-4-1-3-10-13(11)17-9-18-14(10)19-12-5-2-6-20(7-8-21)15(12)22/h1,3-4,9,12,21H,2,5-8H2,(H,17,18,19)/t12-/m0/s1. The van der Waals surface area contributed by atoms with E-state index in [4.69, 9.17) is 5.11 Å². The molecule has 0 spiro atoms. The fourth-order valence-electron chi connectivity index (χ4n) is 2.75. The lowest BCUT2D eigenvalue weighted by molar-refractivity contribution is -0.134. The van der Waals surface area contributed by atoms with Crippen LogP contribution in [0, 0.1) is 5.82 Å². The number of β-amino-alcohol motifs (C(OH)–C–C–N with tert-alkyl or cyclic N) is 1. The largest absolute Gasteiger partial charge is 0.395 e. The van der Waals surface area contributed by atoms with Crippen LogP contribution in [0.25, 0.3) is 10.9 Å². The monoisotopic (exact) mass is 304 g/mol. The van der Waals surface area contributed by atoms with Crippen LogP contribution in [0.1, 0.15) is 12.8 Å². The van der Waals surface area contributed by atoms with E-state index >= 15 is 0 Å². The summed E-state index contributed by atoms with van der Waals surface area (Å²) in [6.07, 6.45) is 2.81. The van der Waals surface area contributed by atoms with Gasteiger partial charge in [-0.2, -0.15) is 0 Å². The Kier molecular flexibility index (Phi) is 4.15. The van der Waals surface area contributed by atoms with E-state index in [2.05, 4.69) is 15.3 Å². The molecule has 1 atom stereocenters. The fraction of sp³-hybridized carbons (Fsp3) is 0.400. The van der Waals surface area contributed by atoms with Gasteiger partial charge in [0.1, 0.15) is 29.5 Å². The molecule has 6 nitrogen and oxygen atoms in total. The molecule has 0 aliphatic carbocycles. The van der Waals surface area contributed by atoms with Crippen LogP contribution >= 0.6 is 0 Å². The van der Waals surface area contributed by atoms with Crippen molar-refractivity contribution in [2.24, 2.45) is 0 Å². The minimum Gasteiger partial charge on any atom is -0.395 e. The van der Waals surface area contributed by atoms with Crippen LogP contribution in [0.2, 0.25) is 0 Å². The molecule has 1 fully saturated rings. The highest BCUT2D eigenvalue weighted by molar-refractivity contribution is 5.92. The maximum Gasteiger partial charge on any atom is 0.245 e. The number of aliphatic hydroxyl groups excluding tert-OH is 1. The first kappa shape index (κ1) is 14.6. The normalized spacial score (nSPS) is 18.7. The molecule has 7 heteroatoms. The second-order valence-electron chi connectivity index (χ2n) is 5.25. The summed E-state index contributed by atoms with van der Waals surface area (Å²) in [4.78, 5) is 22.1. The average molecular weight is 304 g/mol. The van der Waals surface area contributed by atoms with E-state index in [1.54, 1.807) is 17.0 Å². The number of para-hydroxylation sites is 1. The molecule has 1 aliphatic heterocycles. The fourth-order valence-corrected chi connectivity index (χ4v) is 2.75. The number of carbonyl (C=O) groups is 1. The zero-order valence-corrected chi connectivity index (χ0v) is 12.0. The molecule has 0 saturated carbocycles. The van der Waals surface area contributed by atoms with Crippen molar-refractivity contribution in [3.8, 4) is 0 Å². The maximum absolute atomic E-state index is 13.8. The molecular formula is C15H17FN4O2. The van der Waals surface area contributed by atoms with Crippen molar-refractivity contribution >= 4 is 22.6 Å². The molecule has 1 aromatic carbocycles. The van der Waals surface area contributed by atoms with E-state index in [-0.39, 0.29) is 18.0 Å². The van der Waals surface area contributed by atoms with E-state index in [1.165, 1.54) is 12.4 Å². The van der Waals surface area contributed by atoms with Gasteiger partial charge in [0.05, 0.1) is 6.61 Å². The molecule has 2 heterocycles. The Morgan fingerprint density at radius 2 is 2.27 bits per heavy atom.